The van der Waals surface area contributed by atoms with Crippen LogP contribution in [0.5, 0.6) is 17.2 Å². The van der Waals surface area contributed by atoms with Crippen molar-refractivity contribution >= 4 is 18.2 Å². The van der Waals surface area contributed by atoms with Gasteiger partial charge in [0.15, 0.2) is 0 Å². The molecule has 1 aliphatic carbocycles. The summed E-state index contributed by atoms with van der Waals surface area (Å²) in [6.45, 7) is 8.95. The van der Waals surface area contributed by atoms with Gasteiger partial charge in [-0.05, 0) is 102 Å². The zero-order valence-electron chi connectivity index (χ0n) is 31.0. The summed E-state index contributed by atoms with van der Waals surface area (Å²) in [6, 6.07) is 30.4. The molecule has 10 nitrogen and oxygen atoms in total. The second kappa shape index (κ2) is 17.3. The molecule has 3 aliphatic rings. The molecule has 3 atom stereocenters. The van der Waals surface area contributed by atoms with Crippen LogP contribution in [0.4, 0.5) is 0 Å². The van der Waals surface area contributed by atoms with Gasteiger partial charge in [0.2, 0.25) is 18.2 Å². The van der Waals surface area contributed by atoms with E-state index in [0.29, 0.717) is 37.7 Å². The monoisotopic (exact) mass is 730 g/mol. The highest BCUT2D eigenvalue weighted by atomic mass is 16.5. The summed E-state index contributed by atoms with van der Waals surface area (Å²) in [6.07, 6.45) is 3.23. The average molecular weight is 731 g/mol. The smallest absolute Gasteiger partial charge is 0.249 e. The summed E-state index contributed by atoms with van der Waals surface area (Å²) in [5.41, 5.74) is 7.05. The summed E-state index contributed by atoms with van der Waals surface area (Å²) in [4.78, 5) is 42.1. The number of phenols is 1. The predicted octanol–water partition coefficient (Wildman–Crippen LogP) is 5.40. The summed E-state index contributed by atoms with van der Waals surface area (Å²) >= 11 is 0. The van der Waals surface area contributed by atoms with Crippen molar-refractivity contribution in [2.24, 2.45) is 0 Å². The van der Waals surface area contributed by atoms with E-state index in [9.17, 15) is 19.5 Å². The molecular weight excluding hydrogens is 681 g/mol. The zero-order chi connectivity index (χ0) is 37.4. The van der Waals surface area contributed by atoms with Gasteiger partial charge in [-0.1, -0.05) is 54.6 Å². The van der Waals surface area contributed by atoms with E-state index >= 15 is 0 Å². The van der Waals surface area contributed by atoms with Crippen LogP contribution in [0.3, 0.4) is 0 Å². The van der Waals surface area contributed by atoms with Gasteiger partial charge in [-0.2, -0.15) is 0 Å². The molecule has 0 saturated carbocycles. The van der Waals surface area contributed by atoms with Crippen molar-refractivity contribution in [3.63, 3.8) is 0 Å². The predicted molar refractivity (Wildman–Crippen MR) is 207 cm³/mol. The van der Waals surface area contributed by atoms with E-state index < -0.39 is 11.9 Å². The van der Waals surface area contributed by atoms with Crippen molar-refractivity contribution in [1.29, 1.82) is 0 Å². The highest BCUT2D eigenvalue weighted by Crippen LogP contribution is 2.47. The first-order chi connectivity index (χ1) is 26.3. The molecule has 0 aromatic heterocycles. The summed E-state index contributed by atoms with van der Waals surface area (Å²) < 4.78 is 12.3. The lowest BCUT2D eigenvalue weighted by atomic mass is 9.69. The standard InChI is InChI=1S/C44H50N4O6/c1-31-7-12-38(28-35(31)29-48(30-49)41-17-18-42(51)45-44(41)52)54-26-24-47-21-19-46(20-22-47)23-25-53-37-13-8-33(9-14-37)43-39(32-5-3-2-4-6-32)15-10-34-27-36(50)11-16-40(34)43/h2-9,11-14,16,27-28,30,39,41,43,50H,10,15,17-26,29H2,1H3,(H,45,51,52). The lowest BCUT2D eigenvalue weighted by Gasteiger charge is -2.35. The molecule has 0 spiro atoms. The van der Waals surface area contributed by atoms with E-state index in [0.717, 1.165) is 74.7 Å². The average Bonchev–Trinajstić information content (AvgIpc) is 3.19. The van der Waals surface area contributed by atoms with Gasteiger partial charge in [-0.15, -0.1) is 0 Å². The quantitative estimate of drug-likeness (QED) is 0.131. The minimum atomic E-state index is -0.655. The Labute approximate surface area is 317 Å². The molecule has 3 amide bonds. The van der Waals surface area contributed by atoms with Crippen LogP contribution in [-0.2, 0) is 27.3 Å². The zero-order valence-corrected chi connectivity index (χ0v) is 31.0. The normalized spacial score (nSPS) is 20.5. The molecule has 2 fully saturated rings. The number of carbonyl (C=O) groups is 3. The number of amides is 3. The number of carbonyl (C=O) groups excluding carboxylic acids is 3. The Hall–Kier alpha value is -5.19. The first-order valence-electron chi connectivity index (χ1n) is 19.2. The molecule has 3 unspecified atom stereocenters. The third kappa shape index (κ3) is 8.94. The fourth-order valence-electron chi connectivity index (χ4n) is 8.19. The van der Waals surface area contributed by atoms with Crippen LogP contribution >= 0.6 is 0 Å². The topological polar surface area (TPSA) is 112 Å². The van der Waals surface area contributed by atoms with Crippen LogP contribution in [-0.4, -0.2) is 96.6 Å². The van der Waals surface area contributed by atoms with Gasteiger partial charge >= 0.3 is 0 Å². The Bertz CT molecular complexity index is 1910. The van der Waals surface area contributed by atoms with Crippen LogP contribution in [0.2, 0.25) is 0 Å². The van der Waals surface area contributed by atoms with E-state index in [2.05, 4.69) is 75.8 Å². The fraction of sp³-hybridized carbons (Fsp3) is 0.386. The molecule has 2 saturated heterocycles. The van der Waals surface area contributed by atoms with Crippen LogP contribution in [0.1, 0.15) is 64.5 Å². The molecule has 0 radical (unpaired) electrons. The minimum Gasteiger partial charge on any atom is -0.508 e. The van der Waals surface area contributed by atoms with Gasteiger partial charge in [-0.25, -0.2) is 0 Å². The molecule has 54 heavy (non-hydrogen) atoms. The second-order valence-electron chi connectivity index (χ2n) is 14.7. The first kappa shape index (κ1) is 37.1. The number of ether oxygens (including phenoxy) is 2. The van der Waals surface area contributed by atoms with Gasteiger partial charge in [0.1, 0.15) is 36.5 Å². The number of fused-ring (bicyclic) bond motifs is 1. The molecule has 2 aliphatic heterocycles. The van der Waals surface area contributed by atoms with Crippen molar-refractivity contribution in [1.82, 2.24) is 20.0 Å². The highest BCUT2D eigenvalue weighted by molar-refractivity contribution is 6.00. The van der Waals surface area contributed by atoms with Crippen molar-refractivity contribution in [3.8, 4) is 17.2 Å². The number of hydrogen-bond donors (Lipinski definition) is 2. The number of imide groups is 1. The van der Waals surface area contributed by atoms with E-state index in [-0.39, 0.29) is 24.8 Å². The molecule has 2 heterocycles. The molecular formula is C44H50N4O6. The lowest BCUT2D eigenvalue weighted by Crippen LogP contribution is -2.51. The molecule has 2 N–H and O–H groups in total. The molecule has 4 aromatic rings. The molecule has 4 aromatic carbocycles. The Kier molecular flexibility index (Phi) is 11.9. The Balaban J connectivity index is 0.850. The molecule has 10 heteroatoms. The summed E-state index contributed by atoms with van der Waals surface area (Å²) in [5, 5.41) is 12.5. The number of nitrogens with zero attached hydrogens (tertiary/aromatic N) is 3. The number of nitrogens with one attached hydrogen (secondary N) is 1. The first-order valence-corrected chi connectivity index (χ1v) is 19.2. The number of aryl methyl sites for hydroxylation is 2. The van der Waals surface area contributed by atoms with Gasteiger partial charge in [-0.3, -0.25) is 29.5 Å². The lowest BCUT2D eigenvalue weighted by molar-refractivity contribution is -0.141. The molecule has 7 rings (SSSR count). The Morgan fingerprint density at radius 1 is 0.796 bits per heavy atom. The largest absolute Gasteiger partial charge is 0.508 e. The van der Waals surface area contributed by atoms with Crippen LogP contribution < -0.4 is 14.8 Å². The fourth-order valence-corrected chi connectivity index (χ4v) is 8.19. The number of phenolic OH excluding ortho intramolecular Hbond substituents is 1. The van der Waals surface area contributed by atoms with Crippen LogP contribution in [0.15, 0.2) is 91.0 Å². The van der Waals surface area contributed by atoms with Crippen molar-refractivity contribution in [2.45, 2.75) is 57.0 Å². The van der Waals surface area contributed by atoms with Gasteiger partial charge in [0.05, 0.1) is 0 Å². The van der Waals surface area contributed by atoms with E-state index in [1.807, 2.05) is 37.3 Å². The van der Waals surface area contributed by atoms with Crippen LogP contribution in [0.25, 0.3) is 0 Å². The van der Waals surface area contributed by atoms with E-state index in [1.54, 1.807) is 0 Å². The SMILES string of the molecule is Cc1ccc(OCCN2CCN(CCOc3ccc(C4c5ccc(O)cc5CCC4c4ccccc4)cc3)CC2)cc1CN(C=O)C1CCC(=O)NC1=O. The Morgan fingerprint density at radius 2 is 1.48 bits per heavy atom. The number of rotatable bonds is 14. The van der Waals surface area contributed by atoms with E-state index in [1.165, 1.54) is 27.2 Å². The van der Waals surface area contributed by atoms with Gasteiger partial charge < -0.3 is 19.5 Å². The number of benzene rings is 4. The summed E-state index contributed by atoms with van der Waals surface area (Å²) in [5.74, 6) is 1.79. The maximum atomic E-state index is 12.3. The number of aromatic hydroxyl groups is 1. The molecule has 282 valence electrons. The number of piperazine rings is 1. The highest BCUT2D eigenvalue weighted by Gasteiger charge is 2.33. The third-order valence-electron chi connectivity index (χ3n) is 11.3. The number of hydrogen-bond acceptors (Lipinski definition) is 8. The maximum Gasteiger partial charge on any atom is 0.249 e. The maximum absolute atomic E-state index is 12.3. The third-order valence-corrected chi connectivity index (χ3v) is 11.3. The van der Waals surface area contributed by atoms with E-state index in [4.69, 9.17) is 9.47 Å². The number of piperidine rings is 1. The summed E-state index contributed by atoms with van der Waals surface area (Å²) in [7, 11) is 0. The van der Waals surface area contributed by atoms with Gasteiger partial charge in [0.25, 0.3) is 0 Å². The van der Waals surface area contributed by atoms with Crippen LogP contribution in [0, 0.1) is 6.92 Å². The van der Waals surface area contributed by atoms with Crippen molar-refractivity contribution in [3.05, 3.63) is 124 Å². The Morgan fingerprint density at radius 3 is 2.17 bits per heavy atom. The van der Waals surface area contributed by atoms with Crippen molar-refractivity contribution < 1.29 is 29.0 Å². The van der Waals surface area contributed by atoms with Crippen molar-refractivity contribution in [2.75, 3.05) is 52.5 Å². The molecule has 0 bridgehead atoms. The minimum absolute atomic E-state index is 0.216. The van der Waals surface area contributed by atoms with Gasteiger partial charge in [0, 0.05) is 58.2 Å². The second-order valence-corrected chi connectivity index (χ2v) is 14.7.